The molecular formula is C23H25N3O4S. The Hall–Kier alpha value is -2.84. The van der Waals surface area contributed by atoms with Crippen LogP contribution in [-0.2, 0) is 20.9 Å². The Labute approximate surface area is 185 Å². The van der Waals surface area contributed by atoms with E-state index in [-0.39, 0.29) is 12.5 Å². The molecule has 2 saturated heterocycles. The predicted molar refractivity (Wildman–Crippen MR) is 120 cm³/mol. The SMILES string of the molecule is Cc1cc(/C=C2/SC(=O)N(CC(=O)N3CCOCC3)C2=O)c(C)n1Cc1ccccc1. The Morgan fingerprint density at radius 1 is 1.13 bits per heavy atom. The molecule has 31 heavy (non-hydrogen) atoms. The molecule has 2 aromatic rings. The van der Waals surface area contributed by atoms with Gasteiger partial charge >= 0.3 is 0 Å². The van der Waals surface area contributed by atoms with Gasteiger partial charge in [0.1, 0.15) is 6.54 Å². The highest BCUT2D eigenvalue weighted by Gasteiger charge is 2.37. The second kappa shape index (κ2) is 9.11. The van der Waals surface area contributed by atoms with Crippen molar-refractivity contribution in [2.24, 2.45) is 0 Å². The number of carbonyl (C=O) groups is 3. The summed E-state index contributed by atoms with van der Waals surface area (Å²) in [4.78, 5) is 40.8. The first-order valence-corrected chi connectivity index (χ1v) is 11.1. The van der Waals surface area contributed by atoms with Gasteiger partial charge in [-0.05, 0) is 48.9 Å². The van der Waals surface area contributed by atoms with E-state index >= 15 is 0 Å². The molecule has 8 heteroatoms. The third kappa shape index (κ3) is 4.60. The van der Waals surface area contributed by atoms with E-state index in [2.05, 4.69) is 16.7 Å². The molecule has 162 valence electrons. The minimum Gasteiger partial charge on any atom is -0.378 e. The number of morpholine rings is 1. The first-order valence-electron chi connectivity index (χ1n) is 10.3. The summed E-state index contributed by atoms with van der Waals surface area (Å²) >= 11 is 0.887. The van der Waals surface area contributed by atoms with Crippen molar-refractivity contribution in [2.45, 2.75) is 20.4 Å². The Morgan fingerprint density at radius 2 is 1.84 bits per heavy atom. The lowest BCUT2D eigenvalue weighted by atomic mass is 10.2. The molecule has 1 aromatic heterocycles. The van der Waals surface area contributed by atoms with Gasteiger partial charge < -0.3 is 14.2 Å². The predicted octanol–water partition coefficient (Wildman–Crippen LogP) is 3.05. The summed E-state index contributed by atoms with van der Waals surface area (Å²) in [6.07, 6.45) is 1.76. The van der Waals surface area contributed by atoms with Crippen molar-refractivity contribution < 1.29 is 19.1 Å². The highest BCUT2D eigenvalue weighted by atomic mass is 32.2. The number of rotatable bonds is 5. The van der Waals surface area contributed by atoms with Crippen LogP contribution < -0.4 is 0 Å². The number of thioether (sulfide) groups is 1. The van der Waals surface area contributed by atoms with Crippen molar-refractivity contribution in [3.05, 3.63) is 63.8 Å². The van der Waals surface area contributed by atoms with Gasteiger partial charge in [-0.2, -0.15) is 0 Å². The molecular weight excluding hydrogens is 414 g/mol. The average Bonchev–Trinajstić information content (AvgIpc) is 3.19. The Kier molecular flexibility index (Phi) is 6.29. The van der Waals surface area contributed by atoms with Crippen molar-refractivity contribution in [3.63, 3.8) is 0 Å². The normalized spacial score (nSPS) is 18.3. The van der Waals surface area contributed by atoms with E-state index in [1.54, 1.807) is 11.0 Å². The van der Waals surface area contributed by atoms with E-state index in [1.807, 2.05) is 38.1 Å². The van der Waals surface area contributed by atoms with Crippen LogP contribution >= 0.6 is 11.8 Å². The van der Waals surface area contributed by atoms with E-state index in [0.717, 1.165) is 40.2 Å². The van der Waals surface area contributed by atoms with Gasteiger partial charge in [-0.3, -0.25) is 19.3 Å². The highest BCUT2D eigenvalue weighted by Crippen LogP contribution is 2.33. The molecule has 0 spiro atoms. The molecule has 0 bridgehead atoms. The zero-order chi connectivity index (χ0) is 22.0. The van der Waals surface area contributed by atoms with Gasteiger partial charge in [-0.25, -0.2) is 0 Å². The minimum atomic E-state index is -0.413. The number of carbonyl (C=O) groups excluding carboxylic acids is 3. The number of ether oxygens (including phenoxy) is 1. The summed E-state index contributed by atoms with van der Waals surface area (Å²) in [6, 6.07) is 12.2. The van der Waals surface area contributed by atoms with Crippen LogP contribution in [0, 0.1) is 13.8 Å². The van der Waals surface area contributed by atoms with E-state index in [0.29, 0.717) is 31.2 Å². The maximum absolute atomic E-state index is 12.8. The Bertz CT molecular complexity index is 1040. The van der Waals surface area contributed by atoms with Crippen molar-refractivity contribution in [1.29, 1.82) is 0 Å². The van der Waals surface area contributed by atoms with Gasteiger partial charge in [0.2, 0.25) is 5.91 Å². The molecule has 0 N–H and O–H groups in total. The number of aryl methyl sites for hydroxylation is 1. The number of nitrogens with zero attached hydrogens (tertiary/aromatic N) is 3. The lowest BCUT2D eigenvalue weighted by Gasteiger charge is -2.28. The summed E-state index contributed by atoms with van der Waals surface area (Å²) in [5.41, 5.74) is 4.20. The van der Waals surface area contributed by atoms with Gasteiger partial charge in [0, 0.05) is 31.0 Å². The van der Waals surface area contributed by atoms with E-state index in [4.69, 9.17) is 4.74 Å². The molecule has 1 aromatic carbocycles. The summed E-state index contributed by atoms with van der Waals surface area (Å²) in [6.45, 7) is 6.47. The fraction of sp³-hybridized carbons (Fsp3) is 0.348. The van der Waals surface area contributed by atoms with E-state index in [9.17, 15) is 14.4 Å². The average molecular weight is 440 g/mol. The van der Waals surface area contributed by atoms with Crippen molar-refractivity contribution in [3.8, 4) is 0 Å². The summed E-state index contributed by atoms with van der Waals surface area (Å²) in [7, 11) is 0. The van der Waals surface area contributed by atoms with Gasteiger partial charge in [-0.1, -0.05) is 30.3 Å². The number of hydrogen-bond acceptors (Lipinski definition) is 5. The van der Waals surface area contributed by atoms with Crippen molar-refractivity contribution >= 4 is 34.9 Å². The summed E-state index contributed by atoms with van der Waals surface area (Å²) in [5.74, 6) is -0.641. The standard InChI is InChI=1S/C23H25N3O4S/c1-16-12-19(17(2)25(16)14-18-6-4-3-5-7-18)13-20-22(28)26(23(29)31-20)15-21(27)24-8-10-30-11-9-24/h3-7,12-13H,8-11,14-15H2,1-2H3/b20-13+. The van der Waals surface area contributed by atoms with Crippen LogP contribution in [-0.4, -0.2) is 64.3 Å². The molecule has 0 radical (unpaired) electrons. The first-order chi connectivity index (χ1) is 14.9. The van der Waals surface area contributed by atoms with E-state index in [1.165, 1.54) is 5.56 Å². The zero-order valence-electron chi connectivity index (χ0n) is 17.7. The lowest BCUT2D eigenvalue weighted by Crippen LogP contribution is -2.46. The van der Waals surface area contributed by atoms with Crippen LogP contribution in [0.3, 0.4) is 0 Å². The van der Waals surface area contributed by atoms with Crippen LogP contribution in [0.15, 0.2) is 41.3 Å². The number of amides is 3. The van der Waals surface area contributed by atoms with Crippen LogP contribution in [0.2, 0.25) is 0 Å². The first kappa shape index (κ1) is 21.4. The molecule has 3 heterocycles. The molecule has 0 atom stereocenters. The van der Waals surface area contributed by atoms with Crippen LogP contribution in [0.5, 0.6) is 0 Å². The molecule has 4 rings (SSSR count). The second-order valence-corrected chi connectivity index (χ2v) is 8.65. The molecule has 2 aliphatic rings. The topological polar surface area (TPSA) is 71.9 Å². The third-order valence-electron chi connectivity index (χ3n) is 5.61. The van der Waals surface area contributed by atoms with Gasteiger partial charge in [0.25, 0.3) is 11.1 Å². The molecule has 0 aliphatic carbocycles. The maximum atomic E-state index is 12.8. The molecule has 2 fully saturated rings. The molecule has 3 amide bonds. The number of benzene rings is 1. The zero-order valence-corrected chi connectivity index (χ0v) is 18.5. The third-order valence-corrected chi connectivity index (χ3v) is 6.52. The van der Waals surface area contributed by atoms with Crippen LogP contribution in [0.1, 0.15) is 22.5 Å². The van der Waals surface area contributed by atoms with Crippen molar-refractivity contribution in [2.75, 3.05) is 32.8 Å². The summed E-state index contributed by atoms with van der Waals surface area (Å²) in [5, 5.41) is -0.407. The minimum absolute atomic E-state index is 0.227. The monoisotopic (exact) mass is 439 g/mol. The van der Waals surface area contributed by atoms with Gasteiger partial charge in [0.15, 0.2) is 0 Å². The fourth-order valence-corrected chi connectivity index (χ4v) is 4.64. The van der Waals surface area contributed by atoms with Crippen LogP contribution in [0.25, 0.3) is 6.08 Å². The summed E-state index contributed by atoms with van der Waals surface area (Å²) < 4.78 is 7.44. The highest BCUT2D eigenvalue weighted by molar-refractivity contribution is 8.18. The molecule has 2 aliphatic heterocycles. The largest absolute Gasteiger partial charge is 0.378 e. The van der Waals surface area contributed by atoms with Crippen LogP contribution in [0.4, 0.5) is 4.79 Å². The fourth-order valence-electron chi connectivity index (χ4n) is 3.81. The smallest absolute Gasteiger partial charge is 0.294 e. The second-order valence-electron chi connectivity index (χ2n) is 7.66. The maximum Gasteiger partial charge on any atom is 0.294 e. The van der Waals surface area contributed by atoms with E-state index < -0.39 is 11.1 Å². The molecule has 0 saturated carbocycles. The number of aromatic nitrogens is 1. The van der Waals surface area contributed by atoms with Gasteiger partial charge in [0.05, 0.1) is 18.1 Å². The Morgan fingerprint density at radius 3 is 2.55 bits per heavy atom. The number of imide groups is 1. The van der Waals surface area contributed by atoms with Crippen molar-refractivity contribution in [1.82, 2.24) is 14.4 Å². The molecule has 0 unspecified atom stereocenters. The lowest BCUT2D eigenvalue weighted by molar-refractivity contribution is -0.139. The quantitative estimate of drug-likeness (QED) is 0.670. The number of hydrogen-bond donors (Lipinski definition) is 0. The molecule has 7 nitrogen and oxygen atoms in total. The van der Waals surface area contributed by atoms with Gasteiger partial charge in [-0.15, -0.1) is 0 Å². The Balaban J connectivity index is 1.50.